The maximum atomic E-state index is 13.0. The van der Waals surface area contributed by atoms with Gasteiger partial charge in [-0.05, 0) is 42.8 Å². The van der Waals surface area contributed by atoms with E-state index in [-0.39, 0.29) is 10.9 Å². The molecule has 4 heteroatoms. The van der Waals surface area contributed by atoms with Gasteiger partial charge in [0.15, 0.2) is 0 Å². The lowest BCUT2D eigenvalue weighted by Crippen LogP contribution is -2.12. The van der Waals surface area contributed by atoms with Crippen molar-refractivity contribution in [2.45, 2.75) is 6.92 Å². The summed E-state index contributed by atoms with van der Waals surface area (Å²) in [5.74, 6) is -0.855. The van der Waals surface area contributed by atoms with Gasteiger partial charge in [-0.15, -0.1) is 0 Å². The van der Waals surface area contributed by atoms with Crippen molar-refractivity contribution in [1.29, 1.82) is 0 Å². The van der Waals surface area contributed by atoms with E-state index in [2.05, 4.69) is 5.32 Å². The van der Waals surface area contributed by atoms with Crippen LogP contribution in [0.4, 0.5) is 10.1 Å². The zero-order chi connectivity index (χ0) is 13.1. The Morgan fingerprint density at radius 3 is 2.67 bits per heavy atom. The summed E-state index contributed by atoms with van der Waals surface area (Å²) in [6.45, 7) is 1.93. The molecule has 1 amide bonds. The largest absolute Gasteiger partial charge is 0.322 e. The fourth-order valence-corrected chi connectivity index (χ4v) is 1.74. The third-order valence-corrected chi connectivity index (χ3v) is 2.75. The van der Waals surface area contributed by atoms with Gasteiger partial charge in [0, 0.05) is 11.3 Å². The zero-order valence-electron chi connectivity index (χ0n) is 9.71. The molecule has 0 unspecified atom stereocenters. The SMILES string of the molecule is Cc1cccc(NC(=O)c2ccc(F)c(Cl)c2)c1. The molecule has 92 valence electrons. The summed E-state index contributed by atoms with van der Waals surface area (Å²) < 4.78 is 13.0. The first kappa shape index (κ1) is 12.6. The Morgan fingerprint density at radius 1 is 1.22 bits per heavy atom. The van der Waals surface area contributed by atoms with Crippen LogP contribution in [-0.2, 0) is 0 Å². The standard InChI is InChI=1S/C14H11ClFNO/c1-9-3-2-4-11(7-9)17-14(18)10-5-6-13(16)12(15)8-10/h2-8H,1H3,(H,17,18). The van der Waals surface area contributed by atoms with E-state index in [1.807, 2.05) is 25.1 Å². The van der Waals surface area contributed by atoms with E-state index in [0.717, 1.165) is 5.56 Å². The molecule has 0 bridgehead atoms. The predicted molar refractivity (Wildman–Crippen MR) is 70.5 cm³/mol. The van der Waals surface area contributed by atoms with Crippen LogP contribution in [0.2, 0.25) is 5.02 Å². The van der Waals surface area contributed by atoms with Crippen LogP contribution in [0.25, 0.3) is 0 Å². The molecule has 1 N–H and O–H groups in total. The number of nitrogens with one attached hydrogen (secondary N) is 1. The monoisotopic (exact) mass is 263 g/mol. The van der Waals surface area contributed by atoms with Gasteiger partial charge in [0.1, 0.15) is 5.82 Å². The minimum Gasteiger partial charge on any atom is -0.322 e. The first-order valence-corrected chi connectivity index (χ1v) is 5.77. The average molecular weight is 264 g/mol. The summed E-state index contributed by atoms with van der Waals surface area (Å²) in [6.07, 6.45) is 0. The number of benzene rings is 2. The van der Waals surface area contributed by atoms with Crippen molar-refractivity contribution in [2.75, 3.05) is 5.32 Å². The summed E-state index contributed by atoms with van der Waals surface area (Å²) in [5.41, 5.74) is 2.06. The first-order valence-electron chi connectivity index (χ1n) is 5.39. The number of hydrogen-bond donors (Lipinski definition) is 1. The molecule has 2 aromatic carbocycles. The van der Waals surface area contributed by atoms with Crippen molar-refractivity contribution in [2.24, 2.45) is 0 Å². The Labute approximate surface area is 109 Å². The Bertz CT molecular complexity index is 598. The fraction of sp³-hybridized carbons (Fsp3) is 0.0714. The van der Waals surface area contributed by atoms with Crippen LogP contribution >= 0.6 is 11.6 Å². The Kier molecular flexibility index (Phi) is 3.63. The lowest BCUT2D eigenvalue weighted by atomic mass is 10.2. The van der Waals surface area contributed by atoms with E-state index >= 15 is 0 Å². The highest BCUT2D eigenvalue weighted by atomic mass is 35.5. The van der Waals surface area contributed by atoms with E-state index < -0.39 is 5.82 Å². The molecule has 0 heterocycles. The molecule has 0 aliphatic heterocycles. The number of hydrogen-bond acceptors (Lipinski definition) is 1. The highest BCUT2D eigenvalue weighted by Gasteiger charge is 2.08. The molecule has 2 nitrogen and oxygen atoms in total. The quantitative estimate of drug-likeness (QED) is 0.870. The molecule has 0 radical (unpaired) electrons. The molecule has 0 saturated carbocycles. The van der Waals surface area contributed by atoms with E-state index in [9.17, 15) is 9.18 Å². The summed E-state index contributed by atoms with van der Waals surface area (Å²) >= 11 is 5.63. The van der Waals surface area contributed by atoms with Crippen molar-refractivity contribution in [3.05, 3.63) is 64.4 Å². The van der Waals surface area contributed by atoms with Crippen molar-refractivity contribution in [3.63, 3.8) is 0 Å². The van der Waals surface area contributed by atoms with Gasteiger partial charge in [-0.1, -0.05) is 23.7 Å². The zero-order valence-corrected chi connectivity index (χ0v) is 10.5. The molecule has 0 fully saturated rings. The van der Waals surface area contributed by atoms with E-state index in [4.69, 9.17) is 11.6 Å². The van der Waals surface area contributed by atoms with E-state index in [1.165, 1.54) is 18.2 Å². The smallest absolute Gasteiger partial charge is 0.255 e. The van der Waals surface area contributed by atoms with E-state index in [1.54, 1.807) is 6.07 Å². The van der Waals surface area contributed by atoms with Crippen molar-refractivity contribution in [1.82, 2.24) is 0 Å². The molecule has 0 aromatic heterocycles. The second-order valence-electron chi connectivity index (χ2n) is 3.95. The Morgan fingerprint density at radius 2 is 2.00 bits per heavy atom. The fourth-order valence-electron chi connectivity index (χ4n) is 1.56. The Balaban J connectivity index is 2.19. The molecule has 2 rings (SSSR count). The molecule has 0 atom stereocenters. The average Bonchev–Trinajstić information content (AvgIpc) is 2.32. The lowest BCUT2D eigenvalue weighted by Gasteiger charge is -2.06. The van der Waals surface area contributed by atoms with Crippen LogP contribution < -0.4 is 5.32 Å². The maximum Gasteiger partial charge on any atom is 0.255 e. The number of amides is 1. The van der Waals surface area contributed by atoms with Crippen LogP contribution in [0.1, 0.15) is 15.9 Å². The maximum absolute atomic E-state index is 13.0. The van der Waals surface area contributed by atoms with Crippen LogP contribution in [0.15, 0.2) is 42.5 Å². The van der Waals surface area contributed by atoms with E-state index in [0.29, 0.717) is 11.3 Å². The number of rotatable bonds is 2. The van der Waals surface area contributed by atoms with Crippen LogP contribution in [-0.4, -0.2) is 5.91 Å². The van der Waals surface area contributed by atoms with Crippen LogP contribution in [0, 0.1) is 12.7 Å². The summed E-state index contributed by atoms with van der Waals surface area (Å²) in [7, 11) is 0. The van der Waals surface area contributed by atoms with Crippen molar-refractivity contribution in [3.8, 4) is 0 Å². The summed E-state index contributed by atoms with van der Waals surface area (Å²) in [4.78, 5) is 11.9. The minimum absolute atomic E-state index is 0.0631. The van der Waals surface area contributed by atoms with Gasteiger partial charge in [-0.2, -0.15) is 0 Å². The molecule has 18 heavy (non-hydrogen) atoms. The van der Waals surface area contributed by atoms with Crippen LogP contribution in [0.5, 0.6) is 0 Å². The number of anilines is 1. The first-order chi connectivity index (χ1) is 8.56. The number of aryl methyl sites for hydroxylation is 1. The molecule has 0 aliphatic carbocycles. The van der Waals surface area contributed by atoms with Gasteiger partial charge in [-0.25, -0.2) is 4.39 Å². The van der Waals surface area contributed by atoms with Gasteiger partial charge in [0.05, 0.1) is 5.02 Å². The molecule has 2 aromatic rings. The normalized spacial score (nSPS) is 10.2. The molecular formula is C14H11ClFNO. The van der Waals surface area contributed by atoms with Gasteiger partial charge in [0.2, 0.25) is 0 Å². The third kappa shape index (κ3) is 2.87. The minimum atomic E-state index is -0.538. The predicted octanol–water partition coefficient (Wildman–Crippen LogP) is 4.04. The topological polar surface area (TPSA) is 29.1 Å². The summed E-state index contributed by atoms with van der Waals surface area (Å²) in [6, 6.07) is 11.3. The second kappa shape index (κ2) is 5.19. The van der Waals surface area contributed by atoms with Gasteiger partial charge >= 0.3 is 0 Å². The molecule has 0 aliphatic rings. The lowest BCUT2D eigenvalue weighted by molar-refractivity contribution is 0.102. The second-order valence-corrected chi connectivity index (χ2v) is 4.36. The highest BCUT2D eigenvalue weighted by Crippen LogP contribution is 2.17. The number of carbonyl (C=O) groups is 1. The van der Waals surface area contributed by atoms with Gasteiger partial charge in [-0.3, -0.25) is 4.79 Å². The van der Waals surface area contributed by atoms with Crippen molar-refractivity contribution < 1.29 is 9.18 Å². The van der Waals surface area contributed by atoms with Gasteiger partial charge in [0.25, 0.3) is 5.91 Å². The number of halogens is 2. The van der Waals surface area contributed by atoms with Crippen molar-refractivity contribution >= 4 is 23.2 Å². The third-order valence-electron chi connectivity index (χ3n) is 2.46. The molecular weight excluding hydrogens is 253 g/mol. The molecule has 0 saturated heterocycles. The molecule has 0 spiro atoms. The number of carbonyl (C=O) groups excluding carboxylic acids is 1. The van der Waals surface area contributed by atoms with Crippen LogP contribution in [0.3, 0.4) is 0 Å². The Hall–Kier alpha value is -1.87. The van der Waals surface area contributed by atoms with Gasteiger partial charge < -0.3 is 5.32 Å². The highest BCUT2D eigenvalue weighted by molar-refractivity contribution is 6.31. The summed E-state index contributed by atoms with van der Waals surface area (Å²) in [5, 5.41) is 2.66.